The largest absolute Gasteiger partial charge is 0.130 e. The first-order chi connectivity index (χ1) is 8.58. The van der Waals surface area contributed by atoms with Crippen molar-refractivity contribution in [1.82, 2.24) is 0 Å². The number of rotatable bonds is 0. The van der Waals surface area contributed by atoms with E-state index in [0.29, 0.717) is 0 Å². The normalized spacial score (nSPS) is 8.17. The van der Waals surface area contributed by atoms with E-state index in [1.54, 1.807) is 0 Å². The van der Waals surface area contributed by atoms with Crippen LogP contribution in [0.3, 0.4) is 0 Å². The summed E-state index contributed by atoms with van der Waals surface area (Å²) in [4.78, 5) is 0. The summed E-state index contributed by atoms with van der Waals surface area (Å²) in [6.45, 7) is 6.54. The van der Waals surface area contributed by atoms with Gasteiger partial charge in [0.2, 0.25) is 0 Å². The van der Waals surface area contributed by atoms with E-state index in [4.69, 9.17) is 0 Å². The molecule has 0 aromatic heterocycles. The molecule has 0 heterocycles. The van der Waals surface area contributed by atoms with Crippen molar-refractivity contribution in [2.24, 2.45) is 0 Å². The zero-order valence-corrected chi connectivity index (χ0v) is 11.9. The van der Waals surface area contributed by atoms with E-state index in [2.05, 4.69) is 66.6 Å². The molecule has 18 heavy (non-hydrogen) atoms. The zero-order chi connectivity index (χ0) is 13.3. The summed E-state index contributed by atoms with van der Waals surface area (Å²) in [6, 6.07) is 9.74. The second-order valence-electron chi connectivity index (χ2n) is 4.62. The molecule has 0 atom stereocenters. The molecule has 1 heteroatoms. The fourth-order valence-electron chi connectivity index (χ4n) is 0.969. The molecule has 1 rings (SSSR count). The van der Waals surface area contributed by atoms with Crippen LogP contribution in [0, 0.1) is 47.0 Å². The van der Waals surface area contributed by atoms with Crippen molar-refractivity contribution in [3.63, 3.8) is 0 Å². The maximum absolute atomic E-state index is 3.15. The zero-order valence-electron chi connectivity index (χ0n) is 10.9. The third kappa shape index (κ3) is 7.03. The molecule has 0 fully saturated rings. The maximum Gasteiger partial charge on any atom is 0.130 e. The molecule has 0 bridgehead atoms. The number of hydrogen-bond donors (Lipinski definition) is 0. The van der Waals surface area contributed by atoms with Crippen molar-refractivity contribution >= 4 is 8.07 Å². The molecule has 1 aromatic rings. The van der Waals surface area contributed by atoms with Crippen LogP contribution in [0.4, 0.5) is 0 Å². The van der Waals surface area contributed by atoms with E-state index in [9.17, 15) is 0 Å². The van der Waals surface area contributed by atoms with Crippen LogP contribution in [0.1, 0.15) is 5.56 Å². The molecule has 1 aromatic carbocycles. The van der Waals surface area contributed by atoms with Crippen molar-refractivity contribution in [2.45, 2.75) is 19.6 Å². The van der Waals surface area contributed by atoms with Gasteiger partial charge in [0.15, 0.2) is 0 Å². The Labute approximate surface area is 111 Å². The van der Waals surface area contributed by atoms with Gasteiger partial charge in [-0.2, -0.15) is 0 Å². The summed E-state index contributed by atoms with van der Waals surface area (Å²) >= 11 is 0. The average molecular weight is 246 g/mol. The third-order valence-corrected chi connectivity index (χ3v) is 2.61. The first kappa shape index (κ1) is 13.7. The van der Waals surface area contributed by atoms with E-state index in [1.165, 1.54) is 0 Å². The minimum Gasteiger partial charge on any atom is -0.118 e. The van der Waals surface area contributed by atoms with E-state index >= 15 is 0 Å². The monoisotopic (exact) mass is 246 g/mol. The second kappa shape index (κ2) is 7.09. The molecule has 86 valence electrons. The number of hydrogen-bond acceptors (Lipinski definition) is 0. The van der Waals surface area contributed by atoms with E-state index in [1.807, 2.05) is 30.3 Å². The molecule has 0 radical (unpaired) electrons. The van der Waals surface area contributed by atoms with Crippen LogP contribution >= 0.6 is 0 Å². The molecular weight excluding hydrogens is 232 g/mol. The lowest BCUT2D eigenvalue weighted by Gasteiger charge is -2.01. The highest BCUT2D eigenvalue weighted by atomic mass is 28.3. The Kier molecular flexibility index (Phi) is 5.41. The summed E-state index contributed by atoms with van der Waals surface area (Å²) in [5.41, 5.74) is 4.11. The Balaban J connectivity index is 2.57. The minimum absolute atomic E-state index is 0.957. The molecule has 0 saturated carbocycles. The number of benzene rings is 1. The van der Waals surface area contributed by atoms with Gasteiger partial charge in [0, 0.05) is 5.56 Å². The average Bonchev–Trinajstić information content (AvgIpc) is 2.32. The van der Waals surface area contributed by atoms with Gasteiger partial charge in [-0.05, 0) is 47.7 Å². The van der Waals surface area contributed by atoms with Crippen LogP contribution < -0.4 is 0 Å². The van der Waals surface area contributed by atoms with Crippen molar-refractivity contribution in [1.29, 1.82) is 0 Å². The molecule has 0 amide bonds. The van der Waals surface area contributed by atoms with Gasteiger partial charge in [0.1, 0.15) is 8.07 Å². The van der Waals surface area contributed by atoms with Crippen molar-refractivity contribution in [3.05, 3.63) is 35.9 Å². The first-order valence-electron chi connectivity index (χ1n) is 5.66. The molecular formula is C17H14Si. The van der Waals surface area contributed by atoms with Gasteiger partial charge in [-0.15, -0.1) is 5.54 Å². The SMILES string of the molecule is C[Si](C)(C)C#CC#CC#CC#Cc1ccccc1. The smallest absolute Gasteiger partial charge is 0.118 e. The standard InChI is InChI=1S/C17H14Si/c1-18(2,3)16-12-7-5-4-6-9-13-17-14-10-8-11-15-17/h8,10-11,14-15H,1-3H3. The van der Waals surface area contributed by atoms with Crippen molar-refractivity contribution < 1.29 is 0 Å². The van der Waals surface area contributed by atoms with Crippen LogP contribution in [-0.2, 0) is 0 Å². The Morgan fingerprint density at radius 2 is 1.28 bits per heavy atom. The van der Waals surface area contributed by atoms with E-state index < -0.39 is 8.07 Å². The van der Waals surface area contributed by atoms with E-state index in [0.717, 1.165) is 5.56 Å². The molecule has 0 aliphatic rings. The molecule has 0 unspecified atom stereocenters. The van der Waals surface area contributed by atoms with Gasteiger partial charge in [-0.3, -0.25) is 0 Å². The lowest BCUT2D eigenvalue weighted by Crippen LogP contribution is -2.16. The van der Waals surface area contributed by atoms with Crippen LogP contribution in [0.25, 0.3) is 0 Å². The molecule has 0 saturated heterocycles. The highest BCUT2D eigenvalue weighted by molar-refractivity contribution is 6.83. The van der Waals surface area contributed by atoms with Crippen molar-refractivity contribution in [2.75, 3.05) is 0 Å². The van der Waals surface area contributed by atoms with Gasteiger partial charge >= 0.3 is 0 Å². The molecule has 0 aliphatic carbocycles. The highest BCUT2D eigenvalue weighted by Gasteiger charge is 2.06. The van der Waals surface area contributed by atoms with Crippen molar-refractivity contribution in [3.8, 4) is 47.0 Å². The van der Waals surface area contributed by atoms with Gasteiger partial charge in [0.25, 0.3) is 0 Å². The summed E-state index contributed by atoms with van der Waals surface area (Å²) in [7, 11) is -1.32. The minimum atomic E-state index is -1.32. The van der Waals surface area contributed by atoms with Crippen LogP contribution in [0.15, 0.2) is 30.3 Å². The van der Waals surface area contributed by atoms with Gasteiger partial charge in [-0.1, -0.05) is 43.8 Å². The van der Waals surface area contributed by atoms with Crippen LogP contribution in [-0.4, -0.2) is 8.07 Å². The van der Waals surface area contributed by atoms with Gasteiger partial charge in [-0.25, -0.2) is 0 Å². The predicted octanol–water partition coefficient (Wildman–Crippen LogP) is 2.93. The lowest BCUT2D eigenvalue weighted by molar-refractivity contribution is 1.65. The van der Waals surface area contributed by atoms with Crippen LogP contribution in [0.5, 0.6) is 0 Å². The Bertz CT molecular complexity index is 630. The fraction of sp³-hybridized carbons (Fsp3) is 0.176. The predicted molar refractivity (Wildman–Crippen MR) is 80.0 cm³/mol. The molecule has 0 nitrogen and oxygen atoms in total. The molecule has 0 spiro atoms. The van der Waals surface area contributed by atoms with Gasteiger partial charge in [0.05, 0.1) is 0 Å². The van der Waals surface area contributed by atoms with Gasteiger partial charge < -0.3 is 0 Å². The highest BCUT2D eigenvalue weighted by Crippen LogP contribution is 1.95. The third-order valence-electron chi connectivity index (χ3n) is 1.73. The summed E-state index contributed by atoms with van der Waals surface area (Å²) < 4.78 is 0. The quantitative estimate of drug-likeness (QED) is 0.488. The molecule has 0 aliphatic heterocycles. The first-order valence-corrected chi connectivity index (χ1v) is 9.16. The topological polar surface area (TPSA) is 0 Å². The summed E-state index contributed by atoms with van der Waals surface area (Å²) in [5.74, 6) is 19.3. The van der Waals surface area contributed by atoms with Crippen LogP contribution in [0.2, 0.25) is 19.6 Å². The maximum atomic E-state index is 3.15. The Hall–Kier alpha value is -2.32. The van der Waals surface area contributed by atoms with E-state index in [-0.39, 0.29) is 0 Å². The summed E-state index contributed by atoms with van der Waals surface area (Å²) in [5, 5.41) is 0. The second-order valence-corrected chi connectivity index (χ2v) is 9.37. The summed E-state index contributed by atoms with van der Waals surface area (Å²) in [6.07, 6.45) is 0. The Morgan fingerprint density at radius 1 is 0.722 bits per heavy atom. The Morgan fingerprint density at radius 3 is 1.89 bits per heavy atom. The fourth-order valence-corrected chi connectivity index (χ4v) is 1.41. The lowest BCUT2D eigenvalue weighted by atomic mass is 10.2. The molecule has 0 N–H and O–H groups in total.